The van der Waals surface area contributed by atoms with Crippen LogP contribution in [0.3, 0.4) is 0 Å². The highest BCUT2D eigenvalue weighted by atomic mass is 16.3. The average molecular weight is 718 g/mol. The molecule has 56 heavy (non-hydrogen) atoms. The average Bonchev–Trinajstić information content (AvgIpc) is 3.85. The summed E-state index contributed by atoms with van der Waals surface area (Å²) in [4.78, 5) is 15.0. The second kappa shape index (κ2) is 13.0. The lowest BCUT2D eigenvalue weighted by molar-refractivity contribution is 0.665. The summed E-state index contributed by atoms with van der Waals surface area (Å²) in [5.41, 5.74) is 12.4. The zero-order chi connectivity index (χ0) is 37.0. The highest BCUT2D eigenvalue weighted by Crippen LogP contribution is 2.44. The molecule has 0 spiro atoms. The maximum absolute atomic E-state index is 6.84. The summed E-state index contributed by atoms with van der Waals surface area (Å²) in [7, 11) is 0. The molecule has 0 radical (unpaired) electrons. The van der Waals surface area contributed by atoms with Gasteiger partial charge < -0.3 is 8.83 Å². The summed E-state index contributed by atoms with van der Waals surface area (Å²) >= 11 is 0. The topological polar surface area (TPSA) is 65.0 Å². The molecule has 0 N–H and O–H groups in total. The summed E-state index contributed by atoms with van der Waals surface area (Å²) in [5, 5.41) is 4.20. The van der Waals surface area contributed by atoms with Crippen LogP contribution in [-0.4, -0.2) is 15.0 Å². The molecule has 11 aromatic rings. The predicted octanol–water partition coefficient (Wildman–Crippen LogP) is 13.7. The van der Waals surface area contributed by atoms with Crippen LogP contribution in [0.2, 0.25) is 0 Å². The third kappa shape index (κ3) is 5.45. The van der Waals surface area contributed by atoms with Crippen LogP contribution in [0.25, 0.3) is 111 Å². The first-order valence-corrected chi connectivity index (χ1v) is 18.7. The van der Waals surface area contributed by atoms with E-state index in [1.165, 1.54) is 0 Å². The summed E-state index contributed by atoms with van der Waals surface area (Å²) in [5.74, 6) is 1.79. The lowest BCUT2D eigenvalue weighted by Gasteiger charge is -2.09. The second-order valence-electron chi connectivity index (χ2n) is 14.0. The van der Waals surface area contributed by atoms with Gasteiger partial charge >= 0.3 is 0 Å². The maximum Gasteiger partial charge on any atom is 0.164 e. The molecule has 3 aromatic heterocycles. The van der Waals surface area contributed by atoms with Crippen LogP contribution < -0.4 is 0 Å². The quantitative estimate of drug-likeness (QED) is 0.171. The Labute approximate surface area is 322 Å². The van der Waals surface area contributed by atoms with Crippen LogP contribution >= 0.6 is 0 Å². The third-order valence-electron chi connectivity index (χ3n) is 10.6. The summed E-state index contributed by atoms with van der Waals surface area (Å²) < 4.78 is 13.4. The van der Waals surface area contributed by atoms with Gasteiger partial charge in [0.15, 0.2) is 17.5 Å². The van der Waals surface area contributed by atoms with Gasteiger partial charge in [0.25, 0.3) is 0 Å². The molecule has 0 unspecified atom stereocenters. The van der Waals surface area contributed by atoms with Crippen molar-refractivity contribution in [3.63, 3.8) is 0 Å². The Morgan fingerprint density at radius 3 is 1.46 bits per heavy atom. The van der Waals surface area contributed by atoms with Gasteiger partial charge in [0, 0.05) is 49.4 Å². The van der Waals surface area contributed by atoms with E-state index in [2.05, 4.69) is 127 Å². The van der Waals surface area contributed by atoms with E-state index in [4.69, 9.17) is 23.8 Å². The highest BCUT2D eigenvalue weighted by Gasteiger charge is 2.20. The Hall–Kier alpha value is -7.63. The summed E-state index contributed by atoms with van der Waals surface area (Å²) in [6, 6.07) is 64.5. The number of para-hydroxylation sites is 2. The number of hydrogen-bond acceptors (Lipinski definition) is 5. The molecule has 0 fully saturated rings. The van der Waals surface area contributed by atoms with Gasteiger partial charge in [-0.2, -0.15) is 0 Å². The van der Waals surface area contributed by atoms with Crippen molar-refractivity contribution in [2.75, 3.05) is 0 Å². The molecular formula is C51H31N3O2. The highest BCUT2D eigenvalue weighted by molar-refractivity contribution is 6.16. The van der Waals surface area contributed by atoms with Gasteiger partial charge in [0.2, 0.25) is 0 Å². The first kappa shape index (κ1) is 31.9. The first-order chi connectivity index (χ1) is 27.7. The van der Waals surface area contributed by atoms with Gasteiger partial charge in [-0.05, 0) is 52.6 Å². The molecule has 5 heteroatoms. The molecule has 0 saturated carbocycles. The Kier molecular flexibility index (Phi) is 7.42. The Bertz CT molecular complexity index is 3220. The van der Waals surface area contributed by atoms with Crippen molar-refractivity contribution in [3.8, 4) is 67.5 Å². The van der Waals surface area contributed by atoms with Gasteiger partial charge in [-0.1, -0.05) is 158 Å². The van der Waals surface area contributed by atoms with Crippen molar-refractivity contribution in [1.29, 1.82) is 0 Å². The van der Waals surface area contributed by atoms with Gasteiger partial charge in [-0.25, -0.2) is 15.0 Å². The van der Waals surface area contributed by atoms with Crippen LogP contribution in [0.15, 0.2) is 197 Å². The zero-order valence-electron chi connectivity index (χ0n) is 30.1. The standard InChI is InChI=1S/C51H31N3O2/c1-4-13-32(14-5-1)34-23-25-36(26-24-34)50-52-49(35-17-8-3-9-18-35)53-51(54-50)37-27-28-40-41-20-12-21-42(47(41)56-46(40)31-37)44-30-38(33-15-6-2-7-16-33)29-43-39-19-10-11-22-45(39)55-48(43)44/h1-31H. The Morgan fingerprint density at radius 1 is 0.268 bits per heavy atom. The Morgan fingerprint density at radius 2 is 0.750 bits per heavy atom. The minimum atomic E-state index is 0.572. The van der Waals surface area contributed by atoms with E-state index in [1.54, 1.807) is 0 Å². The minimum Gasteiger partial charge on any atom is -0.455 e. The number of hydrogen-bond donors (Lipinski definition) is 0. The second-order valence-corrected chi connectivity index (χ2v) is 14.0. The maximum atomic E-state index is 6.84. The minimum absolute atomic E-state index is 0.572. The molecule has 0 aliphatic rings. The fourth-order valence-electron chi connectivity index (χ4n) is 7.77. The molecule has 0 atom stereocenters. The van der Waals surface area contributed by atoms with Crippen LogP contribution in [-0.2, 0) is 0 Å². The van der Waals surface area contributed by atoms with E-state index in [9.17, 15) is 0 Å². The fraction of sp³-hybridized carbons (Fsp3) is 0. The predicted molar refractivity (Wildman–Crippen MR) is 227 cm³/mol. The zero-order valence-corrected chi connectivity index (χ0v) is 30.1. The molecular weight excluding hydrogens is 687 g/mol. The van der Waals surface area contributed by atoms with Crippen molar-refractivity contribution in [2.24, 2.45) is 0 Å². The van der Waals surface area contributed by atoms with Crippen LogP contribution in [0, 0.1) is 0 Å². The molecule has 0 bridgehead atoms. The molecule has 3 heterocycles. The number of nitrogens with zero attached hydrogens (tertiary/aromatic N) is 3. The van der Waals surface area contributed by atoms with Crippen LogP contribution in [0.5, 0.6) is 0 Å². The third-order valence-corrected chi connectivity index (χ3v) is 10.6. The lowest BCUT2D eigenvalue weighted by atomic mass is 9.95. The van der Waals surface area contributed by atoms with E-state index < -0.39 is 0 Å². The first-order valence-electron chi connectivity index (χ1n) is 18.7. The van der Waals surface area contributed by atoms with Crippen molar-refractivity contribution in [3.05, 3.63) is 188 Å². The number of fused-ring (bicyclic) bond motifs is 6. The molecule has 5 nitrogen and oxygen atoms in total. The van der Waals surface area contributed by atoms with Crippen molar-refractivity contribution < 1.29 is 8.83 Å². The lowest BCUT2D eigenvalue weighted by Crippen LogP contribution is -2.00. The molecule has 262 valence electrons. The van der Waals surface area contributed by atoms with E-state index >= 15 is 0 Å². The molecule has 0 aliphatic heterocycles. The largest absolute Gasteiger partial charge is 0.455 e. The molecule has 0 saturated heterocycles. The monoisotopic (exact) mass is 717 g/mol. The van der Waals surface area contributed by atoms with Crippen molar-refractivity contribution in [2.45, 2.75) is 0 Å². The van der Waals surface area contributed by atoms with Gasteiger partial charge in [0.1, 0.15) is 22.3 Å². The number of rotatable bonds is 6. The van der Waals surface area contributed by atoms with E-state index in [1.807, 2.05) is 60.7 Å². The molecule has 11 rings (SSSR count). The number of benzene rings is 8. The fourth-order valence-corrected chi connectivity index (χ4v) is 7.77. The number of aromatic nitrogens is 3. The van der Waals surface area contributed by atoms with Gasteiger partial charge in [-0.3, -0.25) is 0 Å². The molecule has 0 amide bonds. The van der Waals surface area contributed by atoms with Gasteiger partial charge in [0.05, 0.1) is 0 Å². The van der Waals surface area contributed by atoms with Crippen LogP contribution in [0.1, 0.15) is 0 Å². The van der Waals surface area contributed by atoms with E-state index in [0.29, 0.717) is 17.5 Å². The van der Waals surface area contributed by atoms with Crippen molar-refractivity contribution in [1.82, 2.24) is 15.0 Å². The summed E-state index contributed by atoms with van der Waals surface area (Å²) in [6.45, 7) is 0. The van der Waals surface area contributed by atoms with E-state index in [-0.39, 0.29) is 0 Å². The molecule has 0 aliphatic carbocycles. The van der Waals surface area contributed by atoms with Crippen molar-refractivity contribution >= 4 is 43.9 Å². The SMILES string of the molecule is c1ccc(-c2ccc(-c3nc(-c4ccccc4)nc(-c4ccc5c(c4)oc4c(-c6cc(-c7ccccc7)cc7c6oc6ccccc67)cccc45)n3)cc2)cc1. The number of furan rings is 2. The van der Waals surface area contributed by atoms with E-state index in [0.717, 1.165) is 93.9 Å². The van der Waals surface area contributed by atoms with Gasteiger partial charge in [-0.15, -0.1) is 0 Å². The Balaban J connectivity index is 1.06. The summed E-state index contributed by atoms with van der Waals surface area (Å²) in [6.07, 6.45) is 0. The normalized spacial score (nSPS) is 11.6. The smallest absolute Gasteiger partial charge is 0.164 e. The molecule has 8 aromatic carbocycles. The van der Waals surface area contributed by atoms with Crippen LogP contribution in [0.4, 0.5) is 0 Å².